The Morgan fingerprint density at radius 1 is 1.21 bits per heavy atom. The van der Waals surface area contributed by atoms with Gasteiger partial charge in [0, 0.05) is 47.6 Å². The highest BCUT2D eigenvalue weighted by Crippen LogP contribution is 2.22. The van der Waals surface area contributed by atoms with Gasteiger partial charge in [0.15, 0.2) is 10.8 Å². The van der Waals surface area contributed by atoms with Gasteiger partial charge < -0.3 is 9.67 Å². The molecule has 0 fully saturated rings. The van der Waals surface area contributed by atoms with Gasteiger partial charge >= 0.3 is 0 Å². The largest absolute Gasteiger partial charge is 0.386 e. The number of aromatic nitrogens is 6. The van der Waals surface area contributed by atoms with Crippen LogP contribution in [0.2, 0.25) is 0 Å². The summed E-state index contributed by atoms with van der Waals surface area (Å²) in [6, 6.07) is 0. The molecule has 144 valence electrons. The zero-order valence-electron chi connectivity index (χ0n) is 16.1. The van der Waals surface area contributed by atoms with Crippen LogP contribution in [0.4, 0.5) is 0 Å². The predicted octanol–water partition coefficient (Wildman–Crippen LogP) is 3.44. The van der Waals surface area contributed by atoms with Crippen LogP contribution >= 0.6 is 11.3 Å². The Labute approximate surface area is 167 Å². The van der Waals surface area contributed by atoms with Crippen LogP contribution in [0.3, 0.4) is 0 Å². The van der Waals surface area contributed by atoms with Crippen molar-refractivity contribution in [1.82, 2.24) is 28.9 Å². The first-order valence-corrected chi connectivity index (χ1v) is 10.0. The maximum atomic E-state index is 9.91. The van der Waals surface area contributed by atoms with E-state index < -0.39 is 5.60 Å². The van der Waals surface area contributed by atoms with E-state index >= 15 is 0 Å². The van der Waals surface area contributed by atoms with E-state index in [0.717, 1.165) is 34.2 Å². The van der Waals surface area contributed by atoms with E-state index in [1.807, 2.05) is 28.3 Å². The van der Waals surface area contributed by atoms with Crippen LogP contribution < -0.4 is 0 Å². The van der Waals surface area contributed by atoms with Gasteiger partial charge in [0.25, 0.3) is 0 Å². The molecule has 0 aliphatic heterocycles. The van der Waals surface area contributed by atoms with E-state index in [4.69, 9.17) is 4.98 Å². The Morgan fingerprint density at radius 2 is 2.07 bits per heavy atom. The van der Waals surface area contributed by atoms with E-state index in [2.05, 4.69) is 26.4 Å². The third-order valence-corrected chi connectivity index (χ3v) is 5.13. The molecule has 4 heterocycles. The van der Waals surface area contributed by atoms with Gasteiger partial charge in [-0.05, 0) is 20.3 Å². The maximum Gasteiger partial charge on any atom is 0.234 e. The zero-order chi connectivity index (χ0) is 19.7. The first-order chi connectivity index (χ1) is 13.4. The molecule has 0 saturated carbocycles. The van der Waals surface area contributed by atoms with Crippen LogP contribution in [0.25, 0.3) is 22.7 Å². The number of imidazole rings is 2. The number of thiazole rings is 1. The van der Waals surface area contributed by atoms with Gasteiger partial charge in [-0.2, -0.15) is 0 Å². The number of rotatable bonds is 6. The highest BCUT2D eigenvalue weighted by atomic mass is 32.1. The summed E-state index contributed by atoms with van der Waals surface area (Å²) in [5.41, 5.74) is 2.13. The molecule has 7 nitrogen and oxygen atoms in total. The molecule has 0 unspecified atom stereocenters. The molecular formula is C20H22N6OS. The molecule has 0 amide bonds. The lowest BCUT2D eigenvalue weighted by Gasteiger charge is -2.10. The SMILES string of the molecule is CCc1c(Cn2ccnc2-c2nccs2)nc2ncc(C=CC(C)(C)O)cn12. The second-order valence-electron chi connectivity index (χ2n) is 7.12. The molecule has 0 saturated heterocycles. The number of hydrogen-bond donors (Lipinski definition) is 1. The molecule has 1 N–H and O–H groups in total. The first-order valence-electron chi connectivity index (χ1n) is 9.13. The highest BCUT2D eigenvalue weighted by Gasteiger charge is 2.15. The van der Waals surface area contributed by atoms with Crippen molar-refractivity contribution in [3.8, 4) is 10.8 Å². The number of fused-ring (bicyclic) bond motifs is 1. The van der Waals surface area contributed by atoms with Crippen molar-refractivity contribution in [3.63, 3.8) is 0 Å². The lowest BCUT2D eigenvalue weighted by Crippen LogP contribution is -2.13. The molecule has 0 bridgehead atoms. The summed E-state index contributed by atoms with van der Waals surface area (Å²) < 4.78 is 4.09. The summed E-state index contributed by atoms with van der Waals surface area (Å²) in [5, 5.41) is 12.7. The Kier molecular flexibility index (Phi) is 4.82. The molecule has 8 heteroatoms. The quantitative estimate of drug-likeness (QED) is 0.542. The molecule has 0 aliphatic carbocycles. The third-order valence-electron chi connectivity index (χ3n) is 4.36. The monoisotopic (exact) mass is 394 g/mol. The van der Waals surface area contributed by atoms with Gasteiger partial charge in [-0.3, -0.25) is 4.40 Å². The fourth-order valence-corrected chi connectivity index (χ4v) is 3.71. The van der Waals surface area contributed by atoms with Crippen LogP contribution in [0.1, 0.15) is 37.7 Å². The molecule has 4 aromatic heterocycles. The minimum absolute atomic E-state index is 0.607. The van der Waals surface area contributed by atoms with Crippen molar-refractivity contribution >= 4 is 23.2 Å². The molecule has 4 aromatic rings. The van der Waals surface area contributed by atoms with Crippen LogP contribution in [0.15, 0.2) is 42.4 Å². The summed E-state index contributed by atoms with van der Waals surface area (Å²) in [5.74, 6) is 1.51. The van der Waals surface area contributed by atoms with Crippen molar-refractivity contribution in [2.75, 3.05) is 0 Å². The van der Waals surface area contributed by atoms with Gasteiger partial charge in [-0.25, -0.2) is 19.9 Å². The van der Waals surface area contributed by atoms with E-state index in [9.17, 15) is 5.11 Å². The molecule has 28 heavy (non-hydrogen) atoms. The van der Waals surface area contributed by atoms with E-state index in [-0.39, 0.29) is 0 Å². The standard InChI is InChI=1S/C20H22N6OS/c1-4-16-15(13-25-9-7-21-17(25)18-22-8-10-28-18)24-19-23-11-14(12-26(16)19)5-6-20(2,3)27/h5-12,27H,4,13H2,1-3H3. The molecule has 0 atom stereocenters. The van der Waals surface area contributed by atoms with Crippen LogP contribution in [-0.2, 0) is 13.0 Å². The van der Waals surface area contributed by atoms with E-state index in [1.54, 1.807) is 49.9 Å². The lowest BCUT2D eigenvalue weighted by atomic mass is 10.1. The van der Waals surface area contributed by atoms with Crippen LogP contribution in [-0.4, -0.2) is 39.6 Å². The van der Waals surface area contributed by atoms with Crippen molar-refractivity contribution in [2.24, 2.45) is 0 Å². The lowest BCUT2D eigenvalue weighted by molar-refractivity contribution is 0.134. The highest BCUT2D eigenvalue weighted by molar-refractivity contribution is 7.13. The average molecular weight is 395 g/mol. The second kappa shape index (κ2) is 7.29. The third kappa shape index (κ3) is 3.74. The van der Waals surface area contributed by atoms with Gasteiger partial charge in [-0.1, -0.05) is 19.1 Å². The van der Waals surface area contributed by atoms with Crippen molar-refractivity contribution in [2.45, 2.75) is 39.3 Å². The molecular weight excluding hydrogens is 372 g/mol. The van der Waals surface area contributed by atoms with Gasteiger partial charge in [0.05, 0.1) is 17.8 Å². The van der Waals surface area contributed by atoms with Gasteiger partial charge in [0.1, 0.15) is 0 Å². The second-order valence-corrected chi connectivity index (χ2v) is 8.01. The fraction of sp³-hybridized carbons (Fsp3) is 0.300. The topological polar surface area (TPSA) is 81.1 Å². The molecule has 4 rings (SSSR count). The molecule has 0 radical (unpaired) electrons. The Balaban J connectivity index is 1.71. The first kappa shape index (κ1) is 18.5. The minimum Gasteiger partial charge on any atom is -0.386 e. The number of nitrogens with zero attached hydrogens (tertiary/aromatic N) is 6. The minimum atomic E-state index is -0.865. The smallest absolute Gasteiger partial charge is 0.234 e. The number of hydrogen-bond acceptors (Lipinski definition) is 6. The van der Waals surface area contributed by atoms with E-state index in [1.165, 1.54) is 0 Å². The summed E-state index contributed by atoms with van der Waals surface area (Å²) in [7, 11) is 0. The molecule has 0 aromatic carbocycles. The average Bonchev–Trinajstić information content (AvgIpc) is 3.38. The van der Waals surface area contributed by atoms with Crippen LogP contribution in [0.5, 0.6) is 0 Å². The molecule has 0 aliphatic rings. The Hall–Kier alpha value is -2.84. The van der Waals surface area contributed by atoms with E-state index in [0.29, 0.717) is 12.3 Å². The summed E-state index contributed by atoms with van der Waals surface area (Å²) >= 11 is 1.57. The Morgan fingerprint density at radius 3 is 2.79 bits per heavy atom. The normalized spacial score (nSPS) is 12.4. The number of aliphatic hydroxyl groups is 1. The summed E-state index contributed by atoms with van der Waals surface area (Å²) in [4.78, 5) is 18.1. The van der Waals surface area contributed by atoms with Gasteiger partial charge in [0.2, 0.25) is 5.78 Å². The van der Waals surface area contributed by atoms with Crippen molar-refractivity contribution in [3.05, 3.63) is 59.4 Å². The van der Waals surface area contributed by atoms with Crippen molar-refractivity contribution in [1.29, 1.82) is 0 Å². The molecule has 0 spiro atoms. The fourth-order valence-electron chi connectivity index (χ4n) is 3.06. The van der Waals surface area contributed by atoms with Crippen LogP contribution in [0, 0.1) is 0 Å². The Bertz CT molecular complexity index is 1120. The number of aryl methyl sites for hydroxylation is 1. The maximum absolute atomic E-state index is 9.91. The van der Waals surface area contributed by atoms with Crippen molar-refractivity contribution < 1.29 is 5.11 Å². The van der Waals surface area contributed by atoms with Gasteiger partial charge in [-0.15, -0.1) is 11.3 Å². The summed E-state index contributed by atoms with van der Waals surface area (Å²) in [6.07, 6.45) is 13.8. The zero-order valence-corrected chi connectivity index (χ0v) is 16.9. The summed E-state index contributed by atoms with van der Waals surface area (Å²) in [6.45, 7) is 6.21. The predicted molar refractivity (Wildman–Crippen MR) is 110 cm³/mol.